The molecule has 8 nitrogen and oxygen atoms in total. The number of nitriles is 1. The van der Waals surface area contributed by atoms with Crippen LogP contribution in [0.4, 0.5) is 14.5 Å². The van der Waals surface area contributed by atoms with Gasteiger partial charge in [0.15, 0.2) is 0 Å². The molecule has 3 atom stereocenters. The highest BCUT2D eigenvalue weighted by Gasteiger charge is 2.33. The SMILES string of the molecule is CCC=CC(/C(=C(\C#N)CC)C(C)Oc1cc(OC(F)F)c(CN2CCC[C@H]2C(=O)OC)cc1NC)N1CCCC1. The molecule has 1 N–H and O–H groups in total. The second kappa shape index (κ2) is 15.7. The van der Waals surface area contributed by atoms with Gasteiger partial charge in [-0.3, -0.25) is 14.6 Å². The molecule has 41 heavy (non-hydrogen) atoms. The summed E-state index contributed by atoms with van der Waals surface area (Å²) in [5, 5.41) is 13.2. The van der Waals surface area contributed by atoms with Gasteiger partial charge < -0.3 is 19.5 Å². The topological polar surface area (TPSA) is 87.1 Å². The predicted molar refractivity (Wildman–Crippen MR) is 155 cm³/mol. The Morgan fingerprint density at radius 2 is 1.90 bits per heavy atom. The second-order valence-electron chi connectivity index (χ2n) is 10.4. The van der Waals surface area contributed by atoms with Crippen molar-refractivity contribution in [1.82, 2.24) is 9.80 Å². The van der Waals surface area contributed by atoms with Crippen LogP contribution in [0.2, 0.25) is 0 Å². The summed E-state index contributed by atoms with van der Waals surface area (Å²) in [5.74, 6) is -0.00856. The van der Waals surface area contributed by atoms with Crippen molar-refractivity contribution in [3.63, 3.8) is 0 Å². The number of ether oxygens (including phenoxy) is 3. The molecular weight excluding hydrogens is 530 g/mol. The van der Waals surface area contributed by atoms with Gasteiger partial charge in [-0.25, -0.2) is 0 Å². The second-order valence-corrected chi connectivity index (χ2v) is 10.4. The third-order valence-corrected chi connectivity index (χ3v) is 7.84. The van der Waals surface area contributed by atoms with E-state index in [1.54, 1.807) is 13.1 Å². The number of carbonyl (C=O) groups excluding carboxylic acids is 1. The molecule has 10 heteroatoms. The van der Waals surface area contributed by atoms with Crippen LogP contribution in [0.5, 0.6) is 11.5 Å². The Bertz CT molecular complexity index is 1130. The average Bonchev–Trinajstić information content (AvgIpc) is 3.66. The molecule has 0 aliphatic carbocycles. The summed E-state index contributed by atoms with van der Waals surface area (Å²) in [5.41, 5.74) is 2.64. The van der Waals surface area contributed by atoms with Crippen molar-refractivity contribution in [3.05, 3.63) is 41.0 Å². The summed E-state index contributed by atoms with van der Waals surface area (Å²) in [6.45, 7) is 5.65. The minimum absolute atomic E-state index is 0.0137. The normalized spacial score (nSPS) is 20.1. The van der Waals surface area contributed by atoms with Gasteiger partial charge >= 0.3 is 12.6 Å². The maximum atomic E-state index is 13.5. The smallest absolute Gasteiger partial charge is 0.387 e. The van der Waals surface area contributed by atoms with E-state index in [0.29, 0.717) is 42.0 Å². The molecule has 226 valence electrons. The molecule has 2 heterocycles. The Morgan fingerprint density at radius 1 is 1.17 bits per heavy atom. The fourth-order valence-corrected chi connectivity index (χ4v) is 5.84. The van der Waals surface area contributed by atoms with Gasteiger partial charge in [-0.2, -0.15) is 14.0 Å². The van der Waals surface area contributed by atoms with E-state index in [2.05, 4.69) is 35.4 Å². The quantitative estimate of drug-likeness (QED) is 0.167. The maximum Gasteiger partial charge on any atom is 0.387 e. The number of rotatable bonds is 14. The summed E-state index contributed by atoms with van der Waals surface area (Å²) in [6, 6.07) is 5.07. The van der Waals surface area contributed by atoms with Crippen LogP contribution in [0.25, 0.3) is 0 Å². The number of allylic oxidation sites excluding steroid dienone is 2. The Hall–Kier alpha value is -3.16. The van der Waals surface area contributed by atoms with Crippen LogP contribution in [0.3, 0.4) is 0 Å². The van der Waals surface area contributed by atoms with E-state index in [1.807, 2.05) is 18.7 Å². The van der Waals surface area contributed by atoms with Crippen molar-refractivity contribution >= 4 is 11.7 Å². The van der Waals surface area contributed by atoms with E-state index in [0.717, 1.165) is 44.3 Å². The van der Waals surface area contributed by atoms with Crippen LogP contribution in [-0.4, -0.2) is 74.4 Å². The lowest BCUT2D eigenvalue weighted by Crippen LogP contribution is -2.38. The fraction of sp³-hybridized carbons (Fsp3) is 0.613. The number of nitrogens with zero attached hydrogens (tertiary/aromatic N) is 3. The van der Waals surface area contributed by atoms with Crippen LogP contribution in [0, 0.1) is 11.3 Å². The van der Waals surface area contributed by atoms with Crippen LogP contribution < -0.4 is 14.8 Å². The van der Waals surface area contributed by atoms with Crippen molar-refractivity contribution in [2.75, 3.05) is 39.1 Å². The molecule has 1 aromatic carbocycles. The number of carbonyl (C=O) groups is 1. The van der Waals surface area contributed by atoms with E-state index in [9.17, 15) is 18.8 Å². The molecule has 0 aromatic heterocycles. The number of hydrogen-bond acceptors (Lipinski definition) is 8. The molecule has 2 aliphatic rings. The molecule has 1 aromatic rings. The first kappa shape index (κ1) is 32.4. The highest BCUT2D eigenvalue weighted by atomic mass is 19.3. The summed E-state index contributed by atoms with van der Waals surface area (Å²) in [6.07, 6.45) is 8.82. The van der Waals surface area contributed by atoms with E-state index in [4.69, 9.17) is 14.2 Å². The zero-order valence-electron chi connectivity index (χ0n) is 24.9. The minimum Gasteiger partial charge on any atom is -0.484 e. The third-order valence-electron chi connectivity index (χ3n) is 7.84. The number of alkyl halides is 2. The molecule has 0 bridgehead atoms. The lowest BCUT2D eigenvalue weighted by Gasteiger charge is -2.32. The number of nitrogens with one attached hydrogen (secondary N) is 1. The zero-order chi connectivity index (χ0) is 29.9. The number of anilines is 1. The van der Waals surface area contributed by atoms with Gasteiger partial charge in [-0.15, -0.1) is 0 Å². The first-order valence-corrected chi connectivity index (χ1v) is 14.6. The minimum atomic E-state index is -3.03. The van der Waals surface area contributed by atoms with Crippen LogP contribution in [-0.2, 0) is 16.1 Å². The van der Waals surface area contributed by atoms with Gasteiger partial charge in [0.1, 0.15) is 23.6 Å². The summed E-state index contributed by atoms with van der Waals surface area (Å²) in [7, 11) is 3.08. The molecule has 2 aliphatic heterocycles. The van der Waals surface area contributed by atoms with Crippen LogP contribution >= 0.6 is 0 Å². The summed E-state index contributed by atoms with van der Waals surface area (Å²) >= 11 is 0. The first-order chi connectivity index (χ1) is 19.8. The number of esters is 1. The maximum absolute atomic E-state index is 13.5. The predicted octanol–water partition coefficient (Wildman–Crippen LogP) is 5.90. The lowest BCUT2D eigenvalue weighted by atomic mass is 9.93. The third kappa shape index (κ3) is 8.20. The van der Waals surface area contributed by atoms with E-state index < -0.39 is 18.8 Å². The van der Waals surface area contributed by atoms with Crippen LogP contribution in [0.1, 0.15) is 64.9 Å². The van der Waals surface area contributed by atoms with E-state index >= 15 is 0 Å². The average molecular weight is 575 g/mol. The number of hydrogen-bond donors (Lipinski definition) is 1. The van der Waals surface area contributed by atoms with Crippen molar-refractivity contribution in [2.45, 2.75) is 90.6 Å². The Morgan fingerprint density at radius 3 is 2.49 bits per heavy atom. The van der Waals surface area contributed by atoms with Crippen molar-refractivity contribution in [1.29, 1.82) is 5.26 Å². The van der Waals surface area contributed by atoms with Gasteiger partial charge in [0.2, 0.25) is 0 Å². The molecular formula is C31H44F2N4O4. The summed E-state index contributed by atoms with van der Waals surface area (Å²) in [4.78, 5) is 16.6. The zero-order valence-corrected chi connectivity index (χ0v) is 24.9. The highest BCUT2D eigenvalue weighted by molar-refractivity contribution is 5.76. The monoisotopic (exact) mass is 574 g/mol. The molecule has 2 unspecified atom stereocenters. The fourth-order valence-electron chi connectivity index (χ4n) is 5.84. The molecule has 2 fully saturated rings. The van der Waals surface area contributed by atoms with Crippen molar-refractivity contribution < 1.29 is 27.8 Å². The lowest BCUT2D eigenvalue weighted by molar-refractivity contribution is -0.146. The summed E-state index contributed by atoms with van der Waals surface area (Å²) < 4.78 is 43.5. The number of halogens is 2. The number of benzene rings is 1. The molecule has 0 saturated carbocycles. The van der Waals surface area contributed by atoms with Gasteiger partial charge in [-0.1, -0.05) is 26.0 Å². The Labute approximate surface area is 242 Å². The van der Waals surface area contributed by atoms with E-state index in [1.165, 1.54) is 13.2 Å². The first-order valence-electron chi connectivity index (χ1n) is 14.6. The largest absolute Gasteiger partial charge is 0.484 e. The Kier molecular flexibility index (Phi) is 12.4. The van der Waals surface area contributed by atoms with Gasteiger partial charge in [-0.05, 0) is 71.1 Å². The van der Waals surface area contributed by atoms with Gasteiger partial charge in [0, 0.05) is 36.4 Å². The molecule has 0 radical (unpaired) electrons. The van der Waals surface area contributed by atoms with Gasteiger partial charge in [0.05, 0.1) is 24.9 Å². The number of likely N-dealkylation sites (tertiary alicyclic amines) is 2. The van der Waals surface area contributed by atoms with Crippen LogP contribution in [0.15, 0.2) is 35.4 Å². The molecule has 0 amide bonds. The molecule has 3 rings (SSSR count). The Balaban J connectivity index is 2.00. The van der Waals surface area contributed by atoms with Crippen molar-refractivity contribution in [2.24, 2.45) is 0 Å². The van der Waals surface area contributed by atoms with Gasteiger partial charge in [0.25, 0.3) is 0 Å². The standard InChI is InChI=1S/C31H44F2N4O4/c1-6-8-12-25(36-14-9-10-15-36)29(22(7-2)19-34)21(3)40-28-18-27(41-31(32)33)23(17-24(28)35-4)20-37-16-11-13-26(37)30(38)39-5/h8,12,17-18,21,25-26,31,35H,6-7,9-11,13-16,20H2,1-5H3/b12-8?,29-22-/t21?,25?,26-/m0/s1. The van der Waals surface area contributed by atoms with Crippen molar-refractivity contribution in [3.8, 4) is 17.6 Å². The molecule has 2 saturated heterocycles. The number of methoxy groups -OCH3 is 1. The van der Waals surface area contributed by atoms with E-state index in [-0.39, 0.29) is 24.3 Å². The molecule has 0 spiro atoms. The highest BCUT2D eigenvalue weighted by Crippen LogP contribution is 2.38.